The van der Waals surface area contributed by atoms with Crippen molar-refractivity contribution in [2.24, 2.45) is 5.92 Å². The molecule has 1 heterocycles. The number of halogens is 6. The molecule has 0 fully saturated rings. The summed E-state index contributed by atoms with van der Waals surface area (Å²) < 4.78 is 85.2. The Labute approximate surface area is 190 Å². The molecule has 11 heteroatoms. The van der Waals surface area contributed by atoms with Gasteiger partial charge < -0.3 is 19.5 Å². The molecule has 180 valence electrons. The summed E-state index contributed by atoms with van der Waals surface area (Å²) in [5.74, 6) is 0.435. The fourth-order valence-electron chi connectivity index (χ4n) is 3.71. The van der Waals surface area contributed by atoms with Gasteiger partial charge >= 0.3 is 12.4 Å². The summed E-state index contributed by atoms with van der Waals surface area (Å²) >= 11 is 1.08. The third kappa shape index (κ3) is 4.65. The highest BCUT2D eigenvalue weighted by molar-refractivity contribution is 7.99. The monoisotopic (exact) mass is 493 g/mol. The van der Waals surface area contributed by atoms with Gasteiger partial charge in [-0.05, 0) is 29.8 Å². The second kappa shape index (κ2) is 9.09. The third-order valence-corrected chi connectivity index (χ3v) is 6.60. The number of thioether (sulfide) groups is 1. The van der Waals surface area contributed by atoms with E-state index in [9.17, 15) is 36.2 Å². The average Bonchev–Trinajstić information content (AvgIpc) is 2.76. The van der Waals surface area contributed by atoms with Crippen LogP contribution in [0.5, 0.6) is 5.75 Å². The summed E-state index contributed by atoms with van der Waals surface area (Å²) in [6, 6.07) is 9.30. The normalized spacial score (nSPS) is 18.0. The quantitative estimate of drug-likeness (QED) is 0.426. The number of nitrogens with zero attached hydrogens (tertiary/aromatic N) is 1. The van der Waals surface area contributed by atoms with Crippen molar-refractivity contribution in [1.82, 2.24) is 0 Å². The summed E-state index contributed by atoms with van der Waals surface area (Å²) in [7, 11) is 1.50. The SMILES string of the molecule is COc1cccc(C2CSc3cc(C(O)(C(F)(F)F)C(F)(F)F)ccc3N2CC(C)C=O)c1. The van der Waals surface area contributed by atoms with Gasteiger partial charge in [0.25, 0.3) is 5.60 Å². The second-order valence-corrected chi connectivity index (χ2v) is 8.82. The summed E-state index contributed by atoms with van der Waals surface area (Å²) in [5, 5.41) is 9.76. The van der Waals surface area contributed by atoms with Crippen LogP contribution in [0.15, 0.2) is 47.4 Å². The lowest BCUT2D eigenvalue weighted by Gasteiger charge is -2.40. The number of rotatable bonds is 6. The van der Waals surface area contributed by atoms with Crippen molar-refractivity contribution in [2.75, 3.05) is 24.3 Å². The Bertz CT molecular complexity index is 996. The number of anilines is 1. The Morgan fingerprint density at radius 3 is 2.39 bits per heavy atom. The predicted octanol–water partition coefficient (Wildman–Crippen LogP) is 5.50. The first-order valence-corrected chi connectivity index (χ1v) is 10.8. The van der Waals surface area contributed by atoms with E-state index in [1.54, 1.807) is 30.0 Å². The van der Waals surface area contributed by atoms with Crippen molar-refractivity contribution in [2.45, 2.75) is 35.8 Å². The van der Waals surface area contributed by atoms with Crippen molar-refractivity contribution in [1.29, 1.82) is 0 Å². The standard InChI is InChI=1S/C22H21F6NO3S/c1-13(11-30)10-29-17-7-6-15(20(31,21(23,24)25)22(26,27)28)9-19(17)33-12-18(29)14-4-3-5-16(8-14)32-2/h3-9,11,13,18,31H,10,12H2,1-2H3. The van der Waals surface area contributed by atoms with Crippen LogP contribution in [0.4, 0.5) is 32.0 Å². The Kier molecular flexibility index (Phi) is 6.95. The van der Waals surface area contributed by atoms with Gasteiger partial charge in [-0.3, -0.25) is 0 Å². The summed E-state index contributed by atoms with van der Waals surface area (Å²) in [6.07, 6.45) is -11.2. The molecule has 4 nitrogen and oxygen atoms in total. The number of methoxy groups -OCH3 is 1. The van der Waals surface area contributed by atoms with Crippen LogP contribution in [-0.2, 0) is 10.4 Å². The van der Waals surface area contributed by atoms with Gasteiger partial charge in [0.15, 0.2) is 0 Å². The Balaban J connectivity index is 2.10. The van der Waals surface area contributed by atoms with Gasteiger partial charge in [-0.15, -0.1) is 11.8 Å². The van der Waals surface area contributed by atoms with Crippen molar-refractivity contribution in [3.8, 4) is 5.75 Å². The number of hydrogen-bond acceptors (Lipinski definition) is 5. The lowest BCUT2D eigenvalue weighted by Crippen LogP contribution is -2.54. The van der Waals surface area contributed by atoms with Crippen LogP contribution in [0.3, 0.4) is 0 Å². The molecule has 0 radical (unpaired) electrons. The first kappa shape index (κ1) is 25.2. The smallest absolute Gasteiger partial charge is 0.430 e. The molecule has 3 rings (SSSR count). The fourth-order valence-corrected chi connectivity index (χ4v) is 4.96. The van der Waals surface area contributed by atoms with Crippen LogP contribution in [0.2, 0.25) is 0 Å². The van der Waals surface area contributed by atoms with Crippen LogP contribution in [0.25, 0.3) is 0 Å². The zero-order chi connectivity index (χ0) is 24.6. The molecule has 1 aliphatic heterocycles. The maximum Gasteiger partial charge on any atom is 0.430 e. The van der Waals surface area contributed by atoms with Crippen molar-refractivity contribution >= 4 is 23.7 Å². The van der Waals surface area contributed by atoms with E-state index in [0.717, 1.165) is 35.7 Å². The maximum atomic E-state index is 13.3. The molecule has 0 saturated carbocycles. The first-order valence-electron chi connectivity index (χ1n) is 9.82. The van der Waals surface area contributed by atoms with Gasteiger partial charge in [-0.2, -0.15) is 26.3 Å². The van der Waals surface area contributed by atoms with Gasteiger partial charge in [0.2, 0.25) is 0 Å². The fraction of sp³-hybridized carbons (Fsp3) is 0.409. The minimum atomic E-state index is -5.96. The van der Waals surface area contributed by atoms with E-state index in [1.807, 2.05) is 6.07 Å². The number of aldehydes is 1. The molecule has 0 spiro atoms. The molecule has 2 atom stereocenters. The molecule has 2 unspecified atom stereocenters. The van der Waals surface area contributed by atoms with Gasteiger partial charge in [-0.25, -0.2) is 0 Å². The molecular weight excluding hydrogens is 472 g/mol. The highest BCUT2D eigenvalue weighted by Crippen LogP contribution is 2.52. The number of carbonyl (C=O) groups is 1. The summed E-state index contributed by atoms with van der Waals surface area (Å²) in [5.41, 5.74) is -5.11. The molecule has 2 aromatic rings. The summed E-state index contributed by atoms with van der Waals surface area (Å²) in [6.45, 7) is 1.86. The molecule has 0 amide bonds. The van der Waals surface area contributed by atoms with E-state index in [4.69, 9.17) is 4.74 Å². The van der Waals surface area contributed by atoms with Gasteiger partial charge in [0.05, 0.1) is 18.8 Å². The van der Waals surface area contributed by atoms with E-state index < -0.39 is 29.4 Å². The van der Waals surface area contributed by atoms with Crippen molar-refractivity contribution in [3.63, 3.8) is 0 Å². The number of benzene rings is 2. The number of aliphatic hydroxyl groups is 1. The van der Waals surface area contributed by atoms with E-state index in [1.165, 1.54) is 7.11 Å². The van der Waals surface area contributed by atoms with Gasteiger partial charge in [0.1, 0.15) is 12.0 Å². The molecule has 2 aromatic carbocycles. The van der Waals surface area contributed by atoms with Crippen LogP contribution in [0.1, 0.15) is 24.1 Å². The molecule has 1 aliphatic rings. The Hall–Kier alpha value is -2.40. The molecule has 0 saturated heterocycles. The molecule has 0 aromatic heterocycles. The minimum Gasteiger partial charge on any atom is -0.497 e. The number of fused-ring (bicyclic) bond motifs is 1. The maximum absolute atomic E-state index is 13.3. The van der Waals surface area contributed by atoms with Crippen LogP contribution >= 0.6 is 11.8 Å². The third-order valence-electron chi connectivity index (χ3n) is 5.48. The van der Waals surface area contributed by atoms with Gasteiger partial charge in [0, 0.05) is 28.7 Å². The molecular formula is C22H21F6NO3S. The minimum absolute atomic E-state index is 0.150. The zero-order valence-corrected chi connectivity index (χ0v) is 18.4. The average molecular weight is 493 g/mol. The predicted molar refractivity (Wildman–Crippen MR) is 111 cm³/mol. The van der Waals surface area contributed by atoms with Crippen LogP contribution < -0.4 is 9.64 Å². The highest BCUT2D eigenvalue weighted by Gasteiger charge is 2.71. The van der Waals surface area contributed by atoms with E-state index >= 15 is 0 Å². The zero-order valence-electron chi connectivity index (χ0n) is 17.6. The topological polar surface area (TPSA) is 49.8 Å². The van der Waals surface area contributed by atoms with Crippen molar-refractivity contribution < 1.29 is 41.0 Å². The first-order chi connectivity index (χ1) is 15.3. The highest BCUT2D eigenvalue weighted by atomic mass is 32.2. The Morgan fingerprint density at radius 2 is 1.82 bits per heavy atom. The van der Waals surface area contributed by atoms with E-state index in [0.29, 0.717) is 23.3 Å². The lowest BCUT2D eigenvalue weighted by molar-refractivity contribution is -0.376. The Morgan fingerprint density at radius 1 is 1.15 bits per heavy atom. The number of ether oxygens (including phenoxy) is 1. The molecule has 0 bridgehead atoms. The van der Waals surface area contributed by atoms with Crippen LogP contribution in [0, 0.1) is 5.92 Å². The summed E-state index contributed by atoms with van der Waals surface area (Å²) in [4.78, 5) is 13.2. The molecule has 0 aliphatic carbocycles. The van der Waals surface area contributed by atoms with E-state index in [2.05, 4.69) is 0 Å². The van der Waals surface area contributed by atoms with Gasteiger partial charge in [-0.1, -0.05) is 25.1 Å². The molecule has 33 heavy (non-hydrogen) atoms. The molecule has 1 N–H and O–H groups in total. The number of alkyl halides is 6. The second-order valence-electron chi connectivity index (χ2n) is 7.76. The lowest BCUT2D eigenvalue weighted by atomic mass is 9.91. The van der Waals surface area contributed by atoms with Crippen LogP contribution in [-0.4, -0.2) is 43.2 Å². The largest absolute Gasteiger partial charge is 0.497 e. The van der Waals surface area contributed by atoms with Crippen molar-refractivity contribution in [3.05, 3.63) is 53.6 Å². The van der Waals surface area contributed by atoms with E-state index in [-0.39, 0.29) is 17.5 Å². The number of hydrogen-bond donors (Lipinski definition) is 1. The number of carbonyl (C=O) groups excluding carboxylic acids is 1.